The average molecular weight is 407 g/mol. The molecule has 2 aromatic rings. The van der Waals surface area contributed by atoms with Crippen molar-refractivity contribution < 1.29 is 19.0 Å². The molecule has 1 saturated heterocycles. The highest BCUT2D eigenvalue weighted by Gasteiger charge is 2.26. The van der Waals surface area contributed by atoms with Gasteiger partial charge in [-0.25, -0.2) is 4.39 Å². The lowest BCUT2D eigenvalue weighted by Crippen LogP contribution is -2.46. The molecule has 1 heterocycles. The Bertz CT molecular complexity index is 808. The second-order valence-corrected chi connectivity index (χ2v) is 7.37. The minimum Gasteiger partial charge on any atom is -0.497 e. The summed E-state index contributed by atoms with van der Waals surface area (Å²) in [6, 6.07) is 12.6. The number of benzene rings is 2. The van der Waals surface area contributed by atoms with Gasteiger partial charge < -0.3 is 14.7 Å². The molecule has 0 amide bonds. The Hall–Kier alpha value is -2.31. The van der Waals surface area contributed by atoms with E-state index >= 15 is 0 Å². The van der Waals surface area contributed by atoms with Crippen molar-refractivity contribution in [3.05, 3.63) is 58.9 Å². The van der Waals surface area contributed by atoms with E-state index in [1.54, 1.807) is 19.2 Å². The molecule has 0 aromatic heterocycles. The Balaban J connectivity index is 1.65. The van der Waals surface area contributed by atoms with Gasteiger partial charge in [0, 0.05) is 31.4 Å². The largest absolute Gasteiger partial charge is 0.497 e. The number of piperidine rings is 1. The number of anilines is 1. The predicted molar refractivity (Wildman–Crippen MR) is 108 cm³/mol. The Kier molecular flexibility index (Phi) is 6.75. The van der Waals surface area contributed by atoms with Gasteiger partial charge in [-0.1, -0.05) is 17.7 Å². The first-order valence-electron chi connectivity index (χ1n) is 9.25. The molecule has 7 heteroatoms. The molecule has 0 aliphatic carbocycles. The molecular formula is C21H24ClFN2O3. The minimum atomic E-state index is -0.870. The number of carbonyl (C=O) groups is 1. The summed E-state index contributed by atoms with van der Waals surface area (Å²) in [5.74, 6) is -0.516. The molecule has 0 radical (unpaired) electrons. The fourth-order valence-corrected chi connectivity index (χ4v) is 3.85. The fourth-order valence-electron chi connectivity index (χ4n) is 3.64. The SMILES string of the molecule is COc1ccc(N2CCC(N(CC(=O)O)Cc3ccc(F)c(Cl)c3)CC2)cc1. The Labute approximate surface area is 169 Å². The van der Waals surface area contributed by atoms with Gasteiger partial charge in [-0.15, -0.1) is 0 Å². The van der Waals surface area contributed by atoms with E-state index in [1.807, 2.05) is 29.2 Å². The molecule has 5 nitrogen and oxygen atoms in total. The quantitative estimate of drug-likeness (QED) is 0.752. The number of hydrogen-bond donors (Lipinski definition) is 1. The molecule has 0 spiro atoms. The fraction of sp³-hybridized carbons (Fsp3) is 0.381. The number of carboxylic acid groups (broad SMARTS) is 1. The number of methoxy groups -OCH3 is 1. The van der Waals surface area contributed by atoms with E-state index in [9.17, 15) is 14.3 Å². The highest BCUT2D eigenvalue weighted by atomic mass is 35.5. The molecule has 0 unspecified atom stereocenters. The lowest BCUT2D eigenvalue weighted by Gasteiger charge is -2.39. The van der Waals surface area contributed by atoms with Crippen LogP contribution in [0.4, 0.5) is 10.1 Å². The van der Waals surface area contributed by atoms with E-state index in [0.29, 0.717) is 6.54 Å². The van der Waals surface area contributed by atoms with E-state index < -0.39 is 11.8 Å². The van der Waals surface area contributed by atoms with Crippen molar-refractivity contribution in [2.24, 2.45) is 0 Å². The van der Waals surface area contributed by atoms with E-state index in [-0.39, 0.29) is 17.6 Å². The van der Waals surface area contributed by atoms with Gasteiger partial charge in [0.2, 0.25) is 0 Å². The van der Waals surface area contributed by atoms with Crippen LogP contribution in [0.25, 0.3) is 0 Å². The summed E-state index contributed by atoms with van der Waals surface area (Å²) in [6.07, 6.45) is 1.71. The third kappa shape index (κ3) is 5.14. The zero-order valence-corrected chi connectivity index (χ0v) is 16.5. The molecule has 2 aromatic carbocycles. The van der Waals surface area contributed by atoms with Crippen molar-refractivity contribution in [2.45, 2.75) is 25.4 Å². The van der Waals surface area contributed by atoms with Crippen LogP contribution in [0.5, 0.6) is 5.75 Å². The van der Waals surface area contributed by atoms with E-state index in [2.05, 4.69) is 4.90 Å². The normalized spacial score (nSPS) is 15.1. The van der Waals surface area contributed by atoms with Crippen molar-refractivity contribution in [1.29, 1.82) is 0 Å². The van der Waals surface area contributed by atoms with Crippen LogP contribution >= 0.6 is 11.6 Å². The van der Waals surface area contributed by atoms with E-state index in [4.69, 9.17) is 16.3 Å². The van der Waals surface area contributed by atoms with Gasteiger partial charge >= 0.3 is 5.97 Å². The highest BCUT2D eigenvalue weighted by molar-refractivity contribution is 6.30. The van der Waals surface area contributed by atoms with Gasteiger partial charge in [-0.05, 0) is 54.8 Å². The van der Waals surface area contributed by atoms with Crippen molar-refractivity contribution in [2.75, 3.05) is 31.6 Å². The van der Waals surface area contributed by atoms with E-state index in [1.165, 1.54) is 6.07 Å². The van der Waals surface area contributed by atoms with Crippen LogP contribution in [0.3, 0.4) is 0 Å². The summed E-state index contributed by atoms with van der Waals surface area (Å²) >= 11 is 5.87. The van der Waals surface area contributed by atoms with Crippen LogP contribution in [0.2, 0.25) is 5.02 Å². The standard InChI is InChI=1S/C21H24ClFN2O3/c1-28-18-5-3-16(4-6-18)24-10-8-17(9-11-24)25(14-21(26)27)13-15-2-7-20(23)19(22)12-15/h2-7,12,17H,8-11,13-14H2,1H3,(H,26,27). The Morgan fingerprint density at radius 3 is 2.50 bits per heavy atom. The van der Waals surface area contributed by atoms with Crippen LogP contribution in [-0.2, 0) is 11.3 Å². The molecule has 0 atom stereocenters. The molecule has 0 bridgehead atoms. The number of aliphatic carboxylic acids is 1. The number of rotatable bonds is 7. The van der Waals surface area contributed by atoms with Crippen LogP contribution in [-0.4, -0.2) is 48.8 Å². The zero-order valence-electron chi connectivity index (χ0n) is 15.8. The minimum absolute atomic E-state index is 0.0534. The average Bonchev–Trinajstić information content (AvgIpc) is 2.70. The molecule has 1 aliphatic rings. The monoisotopic (exact) mass is 406 g/mol. The van der Waals surface area contributed by atoms with E-state index in [0.717, 1.165) is 42.9 Å². The number of carboxylic acids is 1. The first-order chi connectivity index (χ1) is 13.5. The van der Waals surface area contributed by atoms with Crippen molar-refractivity contribution in [3.8, 4) is 5.75 Å². The molecule has 1 N–H and O–H groups in total. The maximum Gasteiger partial charge on any atom is 0.317 e. The van der Waals surface area contributed by atoms with Gasteiger partial charge in [-0.2, -0.15) is 0 Å². The third-order valence-electron chi connectivity index (χ3n) is 5.13. The summed E-state index contributed by atoms with van der Waals surface area (Å²) in [5.41, 5.74) is 1.94. The summed E-state index contributed by atoms with van der Waals surface area (Å²) < 4.78 is 18.6. The lowest BCUT2D eigenvalue weighted by atomic mass is 10.0. The lowest BCUT2D eigenvalue weighted by molar-refractivity contribution is -0.139. The molecule has 1 aliphatic heterocycles. The third-order valence-corrected chi connectivity index (χ3v) is 5.42. The second-order valence-electron chi connectivity index (χ2n) is 6.96. The zero-order chi connectivity index (χ0) is 20.1. The first-order valence-corrected chi connectivity index (χ1v) is 9.63. The first kappa shape index (κ1) is 20.4. The second kappa shape index (κ2) is 9.26. The molecule has 1 fully saturated rings. The maximum atomic E-state index is 13.4. The van der Waals surface area contributed by atoms with Crippen LogP contribution in [0.1, 0.15) is 18.4 Å². The molecule has 0 saturated carbocycles. The maximum absolute atomic E-state index is 13.4. The van der Waals surface area contributed by atoms with Crippen molar-refractivity contribution in [3.63, 3.8) is 0 Å². The number of nitrogens with zero attached hydrogens (tertiary/aromatic N) is 2. The topological polar surface area (TPSA) is 53.0 Å². The summed E-state index contributed by atoms with van der Waals surface area (Å²) in [6.45, 7) is 2.07. The Morgan fingerprint density at radius 1 is 1.25 bits per heavy atom. The van der Waals surface area contributed by atoms with Crippen LogP contribution in [0.15, 0.2) is 42.5 Å². The highest BCUT2D eigenvalue weighted by Crippen LogP contribution is 2.26. The van der Waals surface area contributed by atoms with Gasteiger partial charge in [0.25, 0.3) is 0 Å². The molecular weight excluding hydrogens is 383 g/mol. The van der Waals surface area contributed by atoms with Crippen molar-refractivity contribution >= 4 is 23.3 Å². The van der Waals surface area contributed by atoms with Gasteiger partial charge in [-0.3, -0.25) is 9.69 Å². The number of hydrogen-bond acceptors (Lipinski definition) is 4. The number of ether oxygens (including phenoxy) is 1. The Morgan fingerprint density at radius 2 is 1.93 bits per heavy atom. The predicted octanol–water partition coefficient (Wildman–Crippen LogP) is 4.04. The van der Waals surface area contributed by atoms with Crippen molar-refractivity contribution in [1.82, 2.24) is 4.90 Å². The summed E-state index contributed by atoms with van der Waals surface area (Å²) in [4.78, 5) is 15.6. The summed E-state index contributed by atoms with van der Waals surface area (Å²) in [5, 5.41) is 9.38. The van der Waals surface area contributed by atoms with Crippen LogP contribution in [0, 0.1) is 5.82 Å². The van der Waals surface area contributed by atoms with Crippen LogP contribution < -0.4 is 9.64 Å². The van der Waals surface area contributed by atoms with Gasteiger partial charge in [0.1, 0.15) is 11.6 Å². The molecule has 28 heavy (non-hydrogen) atoms. The molecule has 3 rings (SSSR count). The number of halogens is 2. The van der Waals surface area contributed by atoms with Gasteiger partial charge in [0.05, 0.1) is 18.7 Å². The summed E-state index contributed by atoms with van der Waals surface area (Å²) in [7, 11) is 1.64. The smallest absolute Gasteiger partial charge is 0.317 e. The molecule has 150 valence electrons. The van der Waals surface area contributed by atoms with Gasteiger partial charge in [0.15, 0.2) is 0 Å².